The Morgan fingerprint density at radius 2 is 1.66 bits per heavy atom. The summed E-state index contributed by atoms with van der Waals surface area (Å²) in [5, 5.41) is 5.89. The molecular formula is C28H29F4IN4O. The van der Waals surface area contributed by atoms with Crippen molar-refractivity contribution in [3.05, 3.63) is 101 Å². The highest BCUT2D eigenvalue weighted by atomic mass is 127. The maximum Gasteiger partial charge on any atom is 0.416 e. The van der Waals surface area contributed by atoms with Gasteiger partial charge in [-0.25, -0.2) is 9.18 Å². The fourth-order valence-corrected chi connectivity index (χ4v) is 5.31. The van der Waals surface area contributed by atoms with Crippen LogP contribution in [0.1, 0.15) is 53.6 Å². The van der Waals surface area contributed by atoms with Gasteiger partial charge in [-0.1, -0.05) is 59.0 Å². The fourth-order valence-electron chi connectivity index (χ4n) is 4.86. The number of urea groups is 1. The molecular weight excluding hydrogens is 611 g/mol. The molecule has 2 aromatic carbocycles. The van der Waals surface area contributed by atoms with Gasteiger partial charge in [0.2, 0.25) is 0 Å². The summed E-state index contributed by atoms with van der Waals surface area (Å²) in [5.41, 5.74) is 5.14. The molecule has 1 saturated carbocycles. The molecule has 0 aliphatic heterocycles. The van der Waals surface area contributed by atoms with Gasteiger partial charge in [0.25, 0.3) is 0 Å². The number of nitrogens with zero attached hydrogens (tertiary/aromatic N) is 1. The van der Waals surface area contributed by atoms with Crippen molar-refractivity contribution < 1.29 is 22.4 Å². The molecule has 0 unspecified atom stereocenters. The summed E-state index contributed by atoms with van der Waals surface area (Å²) in [5.74, 6) is -1.06. The summed E-state index contributed by atoms with van der Waals surface area (Å²) in [6.45, 7) is 0. The van der Waals surface area contributed by atoms with E-state index < -0.39 is 29.1 Å². The number of rotatable bonds is 7. The number of carbonyl (C=O) groups excluding carboxylic acids is 1. The Balaban J connectivity index is 1.84. The summed E-state index contributed by atoms with van der Waals surface area (Å²) in [7, 11) is 0. The number of hydrogen-bond acceptors (Lipinski definition) is 3. The molecule has 1 aliphatic rings. The third-order valence-electron chi connectivity index (χ3n) is 6.88. The Morgan fingerprint density at radius 1 is 0.974 bits per heavy atom. The quantitative estimate of drug-likeness (QED) is 0.163. The Morgan fingerprint density at radius 3 is 2.26 bits per heavy atom. The number of benzene rings is 2. The smallest absolute Gasteiger partial charge is 0.335 e. The number of nitrogens with two attached hydrogens (primary N) is 1. The standard InChI is InChI=1S/C28H29F4IN4O/c29-22-13-20(12-21(14-22)28(30,31)32)27(15-18-4-2-1-3-5-18,25-11-6-19(16-33)17-35-25)37-26(38)36-24-9-7-23(34)8-10-24/h1-6,11-14,17,23-24H,7-10,15-16,34H2,(H2,36,37,38)/t23-,24-,27-/m0/s1. The zero-order chi connectivity index (χ0) is 27.3. The number of amides is 2. The molecule has 1 heterocycles. The molecule has 1 aliphatic carbocycles. The first-order valence-electron chi connectivity index (χ1n) is 12.4. The van der Waals surface area contributed by atoms with Gasteiger partial charge in [-0.3, -0.25) is 4.98 Å². The van der Waals surface area contributed by atoms with Crippen molar-refractivity contribution in [2.45, 2.75) is 60.3 Å². The van der Waals surface area contributed by atoms with E-state index in [9.17, 15) is 22.4 Å². The van der Waals surface area contributed by atoms with Crippen molar-refractivity contribution in [2.75, 3.05) is 0 Å². The number of alkyl halides is 4. The van der Waals surface area contributed by atoms with Gasteiger partial charge in [-0.05, 0) is 66.6 Å². The molecule has 3 aromatic rings. The molecule has 0 saturated heterocycles. The van der Waals surface area contributed by atoms with Crippen LogP contribution in [0, 0.1) is 5.82 Å². The van der Waals surface area contributed by atoms with Crippen molar-refractivity contribution in [2.24, 2.45) is 5.73 Å². The van der Waals surface area contributed by atoms with Crippen LogP contribution in [0.15, 0.2) is 66.9 Å². The Hall–Kier alpha value is -2.73. The highest BCUT2D eigenvalue weighted by Gasteiger charge is 2.41. The van der Waals surface area contributed by atoms with Crippen LogP contribution < -0.4 is 16.4 Å². The monoisotopic (exact) mass is 640 g/mol. The van der Waals surface area contributed by atoms with Gasteiger partial charge in [-0.15, -0.1) is 0 Å². The van der Waals surface area contributed by atoms with Crippen LogP contribution in [-0.2, 0) is 22.6 Å². The van der Waals surface area contributed by atoms with E-state index in [4.69, 9.17) is 5.73 Å². The zero-order valence-electron chi connectivity index (χ0n) is 20.6. The Labute approximate surface area is 232 Å². The molecule has 5 nitrogen and oxygen atoms in total. The second-order valence-corrected chi connectivity index (χ2v) is 10.5. The molecule has 1 atom stereocenters. The maximum atomic E-state index is 14.7. The lowest BCUT2D eigenvalue weighted by Gasteiger charge is -2.37. The van der Waals surface area contributed by atoms with E-state index in [1.165, 1.54) is 0 Å². The molecule has 0 bridgehead atoms. The van der Waals surface area contributed by atoms with E-state index in [0.29, 0.717) is 29.0 Å². The van der Waals surface area contributed by atoms with Gasteiger partial charge in [0.1, 0.15) is 11.4 Å². The maximum absolute atomic E-state index is 14.7. The van der Waals surface area contributed by atoms with Crippen LogP contribution >= 0.6 is 22.6 Å². The molecule has 1 aromatic heterocycles. The van der Waals surface area contributed by atoms with Crippen LogP contribution in [0.25, 0.3) is 0 Å². The van der Waals surface area contributed by atoms with Gasteiger partial charge in [0.05, 0.1) is 11.3 Å². The number of carbonyl (C=O) groups is 1. The Bertz CT molecular complexity index is 1230. The molecule has 4 rings (SSSR count). The number of aromatic nitrogens is 1. The lowest BCUT2D eigenvalue weighted by molar-refractivity contribution is -0.137. The van der Waals surface area contributed by atoms with E-state index >= 15 is 0 Å². The predicted molar refractivity (Wildman–Crippen MR) is 146 cm³/mol. The van der Waals surface area contributed by atoms with Crippen LogP contribution in [0.4, 0.5) is 22.4 Å². The van der Waals surface area contributed by atoms with E-state index in [2.05, 4.69) is 38.2 Å². The lowest BCUT2D eigenvalue weighted by atomic mass is 9.79. The van der Waals surface area contributed by atoms with Gasteiger partial charge >= 0.3 is 12.2 Å². The van der Waals surface area contributed by atoms with Crippen molar-refractivity contribution in [3.8, 4) is 0 Å². The van der Waals surface area contributed by atoms with E-state index in [1.807, 2.05) is 6.07 Å². The SMILES string of the molecule is N[C@H]1CC[C@H](NC(=O)N[C@@](Cc2ccccc2)(c2cc(F)cc(C(F)(F)F)c2)c2ccc(CI)cn2)CC1. The molecule has 202 valence electrons. The highest BCUT2D eigenvalue weighted by molar-refractivity contribution is 14.1. The highest BCUT2D eigenvalue weighted by Crippen LogP contribution is 2.38. The summed E-state index contributed by atoms with van der Waals surface area (Å²) < 4.78 is 56.7. The van der Waals surface area contributed by atoms with Crippen molar-refractivity contribution in [1.82, 2.24) is 15.6 Å². The normalized spacial score (nSPS) is 19.4. The van der Waals surface area contributed by atoms with Crippen molar-refractivity contribution >= 4 is 28.6 Å². The first-order valence-corrected chi connectivity index (χ1v) is 13.9. The molecule has 0 radical (unpaired) electrons. The van der Waals surface area contributed by atoms with Gasteiger partial charge in [0, 0.05) is 29.1 Å². The molecule has 1 fully saturated rings. The van der Waals surface area contributed by atoms with Crippen LogP contribution in [-0.4, -0.2) is 23.1 Å². The van der Waals surface area contributed by atoms with Gasteiger partial charge in [0.15, 0.2) is 0 Å². The summed E-state index contributed by atoms with van der Waals surface area (Å²) in [6.07, 6.45) is -0.197. The lowest BCUT2D eigenvalue weighted by Crippen LogP contribution is -2.55. The first kappa shape index (κ1) is 28.3. The third-order valence-corrected chi connectivity index (χ3v) is 7.76. The minimum atomic E-state index is -4.78. The predicted octanol–water partition coefficient (Wildman–Crippen LogP) is 6.23. The van der Waals surface area contributed by atoms with E-state index in [-0.39, 0.29) is 24.1 Å². The van der Waals surface area contributed by atoms with Crippen LogP contribution in [0.2, 0.25) is 0 Å². The average molecular weight is 640 g/mol. The van der Waals surface area contributed by atoms with Crippen molar-refractivity contribution in [3.63, 3.8) is 0 Å². The third kappa shape index (κ3) is 6.82. The van der Waals surface area contributed by atoms with Crippen molar-refractivity contribution in [1.29, 1.82) is 0 Å². The van der Waals surface area contributed by atoms with E-state index in [0.717, 1.165) is 36.1 Å². The topological polar surface area (TPSA) is 80.0 Å². The zero-order valence-corrected chi connectivity index (χ0v) is 22.7. The minimum Gasteiger partial charge on any atom is -0.335 e. The molecule has 38 heavy (non-hydrogen) atoms. The average Bonchev–Trinajstić information content (AvgIpc) is 2.89. The van der Waals surface area contributed by atoms with Crippen LogP contribution in [0.3, 0.4) is 0 Å². The summed E-state index contributed by atoms with van der Waals surface area (Å²) in [4.78, 5) is 18.0. The Kier molecular flexibility index (Phi) is 8.92. The molecule has 10 heteroatoms. The number of hydrogen-bond donors (Lipinski definition) is 3. The number of nitrogens with one attached hydrogen (secondary N) is 2. The summed E-state index contributed by atoms with van der Waals surface area (Å²) >= 11 is 2.18. The first-order chi connectivity index (χ1) is 18.1. The summed E-state index contributed by atoms with van der Waals surface area (Å²) in [6, 6.07) is 14.3. The van der Waals surface area contributed by atoms with Gasteiger partial charge < -0.3 is 16.4 Å². The number of pyridine rings is 1. The van der Waals surface area contributed by atoms with Gasteiger partial charge in [-0.2, -0.15) is 13.2 Å². The second kappa shape index (κ2) is 12.0. The van der Waals surface area contributed by atoms with E-state index in [1.54, 1.807) is 42.6 Å². The second-order valence-electron chi connectivity index (χ2n) is 9.69. The minimum absolute atomic E-state index is 0.0497. The number of halogens is 5. The molecule has 0 spiro atoms. The van der Waals surface area contributed by atoms with Crippen LogP contribution in [0.5, 0.6) is 0 Å². The molecule has 4 N–H and O–H groups in total. The molecule has 2 amide bonds. The fraction of sp³-hybridized carbons (Fsp3) is 0.357. The largest absolute Gasteiger partial charge is 0.416 e.